The predicted molar refractivity (Wildman–Crippen MR) is 67.2 cm³/mol. The van der Waals surface area contributed by atoms with Crippen molar-refractivity contribution in [1.29, 1.82) is 0 Å². The second kappa shape index (κ2) is 5.52. The zero-order valence-corrected chi connectivity index (χ0v) is 10.5. The monoisotopic (exact) mass is 253 g/mol. The maximum Gasteiger partial charge on any atom is 0.313 e. The number of esters is 1. The fourth-order valence-corrected chi connectivity index (χ4v) is 2.49. The first-order valence-electron chi connectivity index (χ1n) is 5.76. The SMILES string of the molecule is COC(=O)C(c1ccc(Cl)cc1)C1CCNC1. The summed E-state index contributed by atoms with van der Waals surface area (Å²) >= 11 is 5.86. The highest BCUT2D eigenvalue weighted by molar-refractivity contribution is 6.30. The van der Waals surface area contributed by atoms with Crippen LogP contribution in [0.4, 0.5) is 0 Å². The summed E-state index contributed by atoms with van der Waals surface area (Å²) in [6.45, 7) is 1.83. The van der Waals surface area contributed by atoms with Gasteiger partial charge in [0.25, 0.3) is 0 Å². The summed E-state index contributed by atoms with van der Waals surface area (Å²) in [5, 5.41) is 3.96. The lowest BCUT2D eigenvalue weighted by molar-refractivity contribution is -0.143. The van der Waals surface area contributed by atoms with Gasteiger partial charge in [-0.1, -0.05) is 23.7 Å². The number of rotatable bonds is 3. The van der Waals surface area contributed by atoms with Crippen LogP contribution in [0.25, 0.3) is 0 Å². The summed E-state index contributed by atoms with van der Waals surface area (Å²) < 4.78 is 4.91. The van der Waals surface area contributed by atoms with Crippen molar-refractivity contribution in [3.05, 3.63) is 34.9 Å². The molecular weight excluding hydrogens is 238 g/mol. The van der Waals surface area contributed by atoms with E-state index in [4.69, 9.17) is 16.3 Å². The summed E-state index contributed by atoms with van der Waals surface area (Å²) in [5.74, 6) is -0.0445. The third-order valence-corrected chi connectivity index (χ3v) is 3.51. The van der Waals surface area contributed by atoms with Crippen molar-refractivity contribution in [3.8, 4) is 0 Å². The average molecular weight is 254 g/mol. The second-order valence-corrected chi connectivity index (χ2v) is 4.74. The molecule has 1 fully saturated rings. The number of carbonyl (C=O) groups excluding carboxylic acids is 1. The Morgan fingerprint density at radius 2 is 2.18 bits per heavy atom. The van der Waals surface area contributed by atoms with Crippen molar-refractivity contribution in [1.82, 2.24) is 5.32 Å². The molecule has 2 unspecified atom stereocenters. The van der Waals surface area contributed by atoms with E-state index in [0.29, 0.717) is 10.9 Å². The molecular formula is C13H16ClNO2. The molecule has 0 aromatic heterocycles. The highest BCUT2D eigenvalue weighted by Gasteiger charge is 2.32. The quantitative estimate of drug-likeness (QED) is 0.840. The molecule has 17 heavy (non-hydrogen) atoms. The minimum absolute atomic E-state index is 0.166. The lowest BCUT2D eigenvalue weighted by atomic mass is 9.85. The van der Waals surface area contributed by atoms with Crippen molar-refractivity contribution in [2.75, 3.05) is 20.2 Å². The number of nitrogens with one attached hydrogen (secondary N) is 1. The Morgan fingerprint density at radius 3 is 2.71 bits per heavy atom. The van der Waals surface area contributed by atoms with Crippen molar-refractivity contribution < 1.29 is 9.53 Å². The molecule has 1 aromatic carbocycles. The van der Waals surface area contributed by atoms with Gasteiger partial charge in [0, 0.05) is 5.02 Å². The molecule has 1 aromatic rings. The van der Waals surface area contributed by atoms with Gasteiger partial charge in [-0.25, -0.2) is 0 Å². The van der Waals surface area contributed by atoms with Crippen molar-refractivity contribution >= 4 is 17.6 Å². The molecule has 4 heteroatoms. The zero-order valence-electron chi connectivity index (χ0n) is 9.78. The first-order valence-corrected chi connectivity index (χ1v) is 6.14. The molecule has 1 heterocycles. The highest BCUT2D eigenvalue weighted by atomic mass is 35.5. The Balaban J connectivity index is 2.25. The number of benzene rings is 1. The number of hydrogen-bond acceptors (Lipinski definition) is 3. The van der Waals surface area contributed by atoms with E-state index in [9.17, 15) is 4.79 Å². The van der Waals surface area contributed by atoms with E-state index in [2.05, 4.69) is 5.32 Å². The lowest BCUT2D eigenvalue weighted by Crippen LogP contribution is -2.24. The third-order valence-electron chi connectivity index (χ3n) is 3.25. The standard InChI is InChI=1S/C13H16ClNO2/c1-17-13(16)12(10-6-7-15-8-10)9-2-4-11(14)5-3-9/h2-5,10,12,15H,6-8H2,1H3. The first kappa shape index (κ1) is 12.4. The molecule has 2 rings (SSSR count). The maximum absolute atomic E-state index is 11.9. The summed E-state index contributed by atoms with van der Waals surface area (Å²) in [6, 6.07) is 7.44. The Morgan fingerprint density at radius 1 is 1.47 bits per heavy atom. The lowest BCUT2D eigenvalue weighted by Gasteiger charge is -2.20. The van der Waals surface area contributed by atoms with Crippen LogP contribution >= 0.6 is 11.6 Å². The highest BCUT2D eigenvalue weighted by Crippen LogP contribution is 2.30. The summed E-state index contributed by atoms with van der Waals surface area (Å²) in [6.07, 6.45) is 1.00. The topological polar surface area (TPSA) is 38.3 Å². The number of halogens is 1. The molecule has 1 N–H and O–H groups in total. The van der Waals surface area contributed by atoms with Gasteiger partial charge in [0.2, 0.25) is 0 Å². The Bertz CT molecular complexity index is 385. The van der Waals surface area contributed by atoms with Crippen molar-refractivity contribution in [2.45, 2.75) is 12.3 Å². The summed E-state index contributed by atoms with van der Waals surface area (Å²) in [5.41, 5.74) is 0.981. The normalized spacial score (nSPS) is 21.2. The fourth-order valence-electron chi connectivity index (χ4n) is 2.36. The van der Waals surface area contributed by atoms with Crippen LogP contribution in [-0.2, 0) is 9.53 Å². The number of methoxy groups -OCH3 is 1. The molecule has 1 aliphatic rings. The van der Waals surface area contributed by atoms with Gasteiger partial charge in [-0.2, -0.15) is 0 Å². The molecule has 0 saturated carbocycles. The van der Waals surface area contributed by atoms with E-state index in [0.717, 1.165) is 25.1 Å². The van der Waals surface area contributed by atoms with E-state index in [1.807, 2.05) is 24.3 Å². The first-order chi connectivity index (χ1) is 8.22. The van der Waals surface area contributed by atoms with Crippen molar-refractivity contribution in [2.24, 2.45) is 5.92 Å². The smallest absolute Gasteiger partial charge is 0.313 e. The molecule has 3 nitrogen and oxygen atoms in total. The van der Waals surface area contributed by atoms with Gasteiger partial charge >= 0.3 is 5.97 Å². The molecule has 0 radical (unpaired) electrons. The van der Waals surface area contributed by atoms with E-state index in [1.165, 1.54) is 7.11 Å². The molecule has 1 saturated heterocycles. The molecule has 92 valence electrons. The van der Waals surface area contributed by atoms with Crippen LogP contribution in [0, 0.1) is 5.92 Å². The van der Waals surface area contributed by atoms with Crippen LogP contribution in [-0.4, -0.2) is 26.2 Å². The van der Waals surface area contributed by atoms with Crippen LogP contribution < -0.4 is 5.32 Å². The van der Waals surface area contributed by atoms with Crippen LogP contribution in [0.2, 0.25) is 5.02 Å². The number of carbonyl (C=O) groups is 1. The molecule has 2 atom stereocenters. The van der Waals surface area contributed by atoms with Gasteiger partial charge in [0.15, 0.2) is 0 Å². The van der Waals surface area contributed by atoms with E-state index in [1.54, 1.807) is 0 Å². The van der Waals surface area contributed by atoms with Gasteiger partial charge in [-0.3, -0.25) is 4.79 Å². The Kier molecular flexibility index (Phi) is 4.02. The van der Waals surface area contributed by atoms with Crippen LogP contribution in [0.1, 0.15) is 17.9 Å². The molecule has 0 aliphatic carbocycles. The summed E-state index contributed by atoms with van der Waals surface area (Å²) in [4.78, 5) is 11.9. The van der Waals surface area contributed by atoms with Gasteiger partial charge in [0.1, 0.15) is 0 Å². The molecule has 0 bridgehead atoms. The van der Waals surface area contributed by atoms with E-state index >= 15 is 0 Å². The Hall–Kier alpha value is -1.06. The van der Waals surface area contributed by atoms with Gasteiger partial charge in [-0.05, 0) is 43.1 Å². The molecule has 0 amide bonds. The molecule has 0 spiro atoms. The molecule has 1 aliphatic heterocycles. The van der Waals surface area contributed by atoms with Crippen LogP contribution in [0.5, 0.6) is 0 Å². The van der Waals surface area contributed by atoms with Gasteiger partial charge in [0.05, 0.1) is 13.0 Å². The Labute approximate surface area is 106 Å². The van der Waals surface area contributed by atoms with Crippen molar-refractivity contribution in [3.63, 3.8) is 0 Å². The average Bonchev–Trinajstić information content (AvgIpc) is 2.85. The van der Waals surface area contributed by atoms with Crippen LogP contribution in [0.3, 0.4) is 0 Å². The maximum atomic E-state index is 11.9. The fraction of sp³-hybridized carbons (Fsp3) is 0.462. The minimum atomic E-state index is -0.188. The second-order valence-electron chi connectivity index (χ2n) is 4.31. The minimum Gasteiger partial charge on any atom is -0.469 e. The van der Waals surface area contributed by atoms with E-state index in [-0.39, 0.29) is 11.9 Å². The van der Waals surface area contributed by atoms with Gasteiger partial charge in [-0.15, -0.1) is 0 Å². The number of ether oxygens (including phenoxy) is 1. The largest absolute Gasteiger partial charge is 0.469 e. The third kappa shape index (κ3) is 2.79. The summed E-state index contributed by atoms with van der Waals surface area (Å²) in [7, 11) is 1.44. The van der Waals surface area contributed by atoms with E-state index < -0.39 is 0 Å². The number of hydrogen-bond donors (Lipinski definition) is 1. The van der Waals surface area contributed by atoms with Gasteiger partial charge < -0.3 is 10.1 Å². The predicted octanol–water partition coefficient (Wildman–Crippen LogP) is 2.21. The zero-order chi connectivity index (χ0) is 12.3. The van der Waals surface area contributed by atoms with Crippen LogP contribution in [0.15, 0.2) is 24.3 Å².